The van der Waals surface area contributed by atoms with Gasteiger partial charge in [0.2, 0.25) is 0 Å². The SMILES string of the molecule is CCN1c2cscc2C(=O)N(CCN(C)C)c2ccccc21. The van der Waals surface area contributed by atoms with E-state index < -0.39 is 0 Å². The van der Waals surface area contributed by atoms with Gasteiger partial charge < -0.3 is 14.7 Å². The summed E-state index contributed by atoms with van der Waals surface area (Å²) in [4.78, 5) is 19.3. The van der Waals surface area contributed by atoms with Gasteiger partial charge in [-0.2, -0.15) is 0 Å². The molecule has 0 aliphatic carbocycles. The molecule has 116 valence electrons. The molecule has 4 nitrogen and oxygen atoms in total. The molecule has 1 aliphatic heterocycles. The molecule has 0 unspecified atom stereocenters. The van der Waals surface area contributed by atoms with E-state index in [1.807, 2.05) is 42.6 Å². The van der Waals surface area contributed by atoms with Crippen molar-refractivity contribution in [2.45, 2.75) is 6.92 Å². The number of carbonyl (C=O) groups is 1. The van der Waals surface area contributed by atoms with Crippen LogP contribution in [0.25, 0.3) is 0 Å². The highest BCUT2D eigenvalue weighted by molar-refractivity contribution is 7.08. The van der Waals surface area contributed by atoms with Crippen LogP contribution in [0.4, 0.5) is 17.1 Å². The number of amides is 1. The molecule has 0 saturated heterocycles. The van der Waals surface area contributed by atoms with Crippen molar-refractivity contribution in [1.82, 2.24) is 4.90 Å². The number of fused-ring (bicyclic) bond motifs is 2. The number of anilines is 3. The highest BCUT2D eigenvalue weighted by Crippen LogP contribution is 2.41. The van der Waals surface area contributed by atoms with E-state index in [0.29, 0.717) is 6.54 Å². The summed E-state index contributed by atoms with van der Waals surface area (Å²) in [6.45, 7) is 4.50. The molecule has 0 spiro atoms. The van der Waals surface area contributed by atoms with Crippen LogP contribution in [0.15, 0.2) is 35.0 Å². The molecule has 0 radical (unpaired) electrons. The zero-order valence-corrected chi connectivity index (χ0v) is 14.1. The number of carbonyl (C=O) groups excluding carboxylic acids is 1. The summed E-state index contributed by atoms with van der Waals surface area (Å²) < 4.78 is 0. The van der Waals surface area contributed by atoms with E-state index in [1.165, 1.54) is 0 Å². The molecule has 2 aromatic rings. The fourth-order valence-electron chi connectivity index (χ4n) is 2.83. The second-order valence-electron chi connectivity index (χ2n) is 5.66. The number of thiophene rings is 1. The highest BCUT2D eigenvalue weighted by atomic mass is 32.1. The lowest BCUT2D eigenvalue weighted by Crippen LogP contribution is -2.36. The smallest absolute Gasteiger partial charge is 0.261 e. The van der Waals surface area contributed by atoms with Crippen molar-refractivity contribution in [3.63, 3.8) is 0 Å². The van der Waals surface area contributed by atoms with Crippen molar-refractivity contribution in [2.24, 2.45) is 0 Å². The van der Waals surface area contributed by atoms with E-state index in [4.69, 9.17) is 0 Å². The topological polar surface area (TPSA) is 26.8 Å². The molecule has 0 bridgehead atoms. The number of nitrogens with zero attached hydrogens (tertiary/aromatic N) is 3. The van der Waals surface area contributed by atoms with Crippen LogP contribution in [0, 0.1) is 0 Å². The fraction of sp³-hybridized carbons (Fsp3) is 0.353. The molecule has 3 rings (SSSR count). The number of benzene rings is 1. The standard InChI is InChI=1S/C17H21N3OS/c1-4-19-14-7-5-6-8-15(14)20(10-9-18(2)3)17(21)13-11-22-12-16(13)19/h5-8,11-12H,4,9-10H2,1-3H3. The average Bonchev–Trinajstić information content (AvgIpc) is 2.95. The van der Waals surface area contributed by atoms with Crippen LogP contribution in [0.3, 0.4) is 0 Å². The van der Waals surface area contributed by atoms with Gasteiger partial charge in [0.05, 0.1) is 22.6 Å². The van der Waals surface area contributed by atoms with E-state index in [0.717, 1.165) is 35.7 Å². The van der Waals surface area contributed by atoms with Crippen molar-refractivity contribution in [3.8, 4) is 0 Å². The maximum Gasteiger partial charge on any atom is 0.261 e. The largest absolute Gasteiger partial charge is 0.339 e. The first kappa shape index (κ1) is 15.1. The molecule has 1 aromatic heterocycles. The third-order valence-corrected chi connectivity index (χ3v) is 4.69. The molecule has 0 N–H and O–H groups in total. The molecule has 0 fully saturated rings. The average molecular weight is 315 g/mol. The van der Waals surface area contributed by atoms with E-state index in [1.54, 1.807) is 11.3 Å². The highest BCUT2D eigenvalue weighted by Gasteiger charge is 2.30. The Labute approximate surface area is 135 Å². The number of rotatable bonds is 4. The minimum Gasteiger partial charge on any atom is -0.339 e. The monoisotopic (exact) mass is 315 g/mol. The molecular weight excluding hydrogens is 294 g/mol. The second-order valence-corrected chi connectivity index (χ2v) is 6.41. The lowest BCUT2D eigenvalue weighted by molar-refractivity contribution is 0.0987. The maximum atomic E-state index is 13.0. The maximum absolute atomic E-state index is 13.0. The van der Waals surface area contributed by atoms with Crippen molar-refractivity contribution < 1.29 is 4.79 Å². The van der Waals surface area contributed by atoms with Gasteiger partial charge >= 0.3 is 0 Å². The van der Waals surface area contributed by atoms with Gasteiger partial charge in [0.1, 0.15) is 0 Å². The van der Waals surface area contributed by atoms with Crippen molar-refractivity contribution >= 4 is 34.3 Å². The van der Waals surface area contributed by atoms with Crippen molar-refractivity contribution in [2.75, 3.05) is 43.5 Å². The molecule has 2 heterocycles. The summed E-state index contributed by atoms with van der Waals surface area (Å²) in [5.41, 5.74) is 3.94. The molecule has 0 atom stereocenters. The summed E-state index contributed by atoms with van der Waals surface area (Å²) >= 11 is 1.59. The Bertz CT molecular complexity index is 680. The summed E-state index contributed by atoms with van der Waals surface area (Å²) in [6.07, 6.45) is 0. The van der Waals surface area contributed by atoms with Crippen molar-refractivity contribution in [3.05, 3.63) is 40.6 Å². The third kappa shape index (κ3) is 2.51. The molecule has 1 aliphatic rings. The van der Waals surface area contributed by atoms with Gasteiger partial charge in [0, 0.05) is 30.4 Å². The quantitative estimate of drug-likeness (QED) is 0.865. The second kappa shape index (κ2) is 6.10. The Kier molecular flexibility index (Phi) is 4.18. The van der Waals surface area contributed by atoms with Crippen molar-refractivity contribution in [1.29, 1.82) is 0 Å². The minimum atomic E-state index is 0.0986. The summed E-state index contributed by atoms with van der Waals surface area (Å²) in [5.74, 6) is 0.0986. The Balaban J connectivity index is 2.13. The van der Waals surface area contributed by atoms with E-state index in [2.05, 4.69) is 28.2 Å². The lowest BCUT2D eigenvalue weighted by Gasteiger charge is -2.27. The Morgan fingerprint density at radius 1 is 1.05 bits per heavy atom. The van der Waals surface area contributed by atoms with Gasteiger partial charge in [0.15, 0.2) is 0 Å². The Hall–Kier alpha value is -1.85. The Morgan fingerprint density at radius 2 is 1.73 bits per heavy atom. The van der Waals surface area contributed by atoms with Crippen LogP contribution in [0.2, 0.25) is 0 Å². The summed E-state index contributed by atoms with van der Waals surface area (Å²) in [7, 11) is 4.06. The number of hydrogen-bond donors (Lipinski definition) is 0. The van der Waals surface area contributed by atoms with Crippen LogP contribution in [-0.2, 0) is 0 Å². The minimum absolute atomic E-state index is 0.0986. The van der Waals surface area contributed by atoms with Gasteiger partial charge in [-0.3, -0.25) is 4.79 Å². The van der Waals surface area contributed by atoms with Crippen LogP contribution in [0.1, 0.15) is 17.3 Å². The third-order valence-electron chi connectivity index (χ3n) is 3.96. The van der Waals surface area contributed by atoms with Gasteiger partial charge in [-0.15, -0.1) is 11.3 Å². The van der Waals surface area contributed by atoms with Gasteiger partial charge in [0.25, 0.3) is 5.91 Å². The first-order valence-electron chi connectivity index (χ1n) is 7.52. The van der Waals surface area contributed by atoms with Crippen LogP contribution in [0.5, 0.6) is 0 Å². The van der Waals surface area contributed by atoms with Gasteiger partial charge in [-0.25, -0.2) is 0 Å². The predicted octanol–water partition coefficient (Wildman–Crippen LogP) is 3.43. The number of likely N-dealkylation sites (N-methyl/N-ethyl adjacent to an activating group) is 1. The fourth-order valence-corrected chi connectivity index (χ4v) is 3.64. The zero-order valence-electron chi connectivity index (χ0n) is 13.2. The number of hydrogen-bond acceptors (Lipinski definition) is 4. The Morgan fingerprint density at radius 3 is 2.36 bits per heavy atom. The van der Waals surface area contributed by atoms with Crippen LogP contribution < -0.4 is 9.80 Å². The molecule has 22 heavy (non-hydrogen) atoms. The van der Waals surface area contributed by atoms with Gasteiger partial charge in [-0.1, -0.05) is 12.1 Å². The molecule has 5 heteroatoms. The van der Waals surface area contributed by atoms with E-state index >= 15 is 0 Å². The molecule has 1 aromatic carbocycles. The van der Waals surface area contributed by atoms with E-state index in [-0.39, 0.29) is 5.91 Å². The molecule has 1 amide bonds. The lowest BCUT2D eigenvalue weighted by atomic mass is 10.2. The number of para-hydroxylation sites is 2. The first-order chi connectivity index (χ1) is 10.6. The summed E-state index contributed by atoms with van der Waals surface area (Å²) in [5, 5.41) is 4.04. The first-order valence-corrected chi connectivity index (χ1v) is 8.47. The predicted molar refractivity (Wildman–Crippen MR) is 93.7 cm³/mol. The normalized spacial score (nSPS) is 14.1. The van der Waals surface area contributed by atoms with Gasteiger partial charge in [-0.05, 0) is 33.2 Å². The zero-order chi connectivity index (χ0) is 15.7. The van der Waals surface area contributed by atoms with Crippen LogP contribution in [-0.4, -0.2) is 44.5 Å². The molecular formula is C17H21N3OS. The summed E-state index contributed by atoms with van der Waals surface area (Å²) in [6, 6.07) is 8.18. The van der Waals surface area contributed by atoms with E-state index in [9.17, 15) is 4.79 Å². The molecule has 0 saturated carbocycles. The van der Waals surface area contributed by atoms with Crippen LogP contribution >= 0.6 is 11.3 Å².